The van der Waals surface area contributed by atoms with Gasteiger partial charge in [-0.15, -0.1) is 0 Å². The van der Waals surface area contributed by atoms with E-state index >= 15 is 13.2 Å². The summed E-state index contributed by atoms with van der Waals surface area (Å²) in [5.74, 6) is 0. The van der Waals surface area contributed by atoms with Gasteiger partial charge >= 0.3 is 6.18 Å². The number of aromatic nitrogens is 2. The molecule has 0 aliphatic rings. The first kappa shape index (κ1) is 48.0. The zero-order chi connectivity index (χ0) is 52.9. The average molecular weight is 994 g/mol. The van der Waals surface area contributed by atoms with Gasteiger partial charge in [-0.05, 0) is 201 Å². The normalized spacial score (nSPS) is 11.9. The summed E-state index contributed by atoms with van der Waals surface area (Å²) in [5, 5.41) is 14.5. The Hall–Kier alpha value is -8.92. The molecule has 0 aliphatic heterocycles. The van der Waals surface area contributed by atoms with Gasteiger partial charge in [0, 0.05) is 32.7 Å². The highest BCUT2D eigenvalue weighted by Crippen LogP contribution is 2.46. The molecule has 76 heavy (non-hydrogen) atoms. The second kappa shape index (κ2) is 18.2. The topological polar surface area (TPSA) is 33.6 Å². The predicted molar refractivity (Wildman–Crippen MR) is 310 cm³/mol. The van der Waals surface area contributed by atoms with Gasteiger partial charge in [-0.3, -0.25) is 0 Å². The minimum atomic E-state index is -4.65. The highest BCUT2D eigenvalue weighted by Gasteiger charge is 2.33. The molecule has 0 fully saturated rings. The van der Waals surface area contributed by atoms with Crippen LogP contribution >= 0.6 is 0 Å². The van der Waals surface area contributed by atoms with Gasteiger partial charge in [0.2, 0.25) is 0 Å². The quantitative estimate of drug-likeness (QED) is 0.157. The summed E-state index contributed by atoms with van der Waals surface area (Å²) in [5.41, 5.74) is 23.2. The number of benzene rings is 10. The molecule has 10 aromatic carbocycles. The summed E-state index contributed by atoms with van der Waals surface area (Å²) in [7, 11) is 0. The maximum absolute atomic E-state index is 15.3. The largest absolute Gasteiger partial charge is 0.416 e. The van der Waals surface area contributed by atoms with Crippen molar-refractivity contribution in [1.82, 2.24) is 9.13 Å². The van der Waals surface area contributed by atoms with Gasteiger partial charge in [0.05, 0.1) is 50.6 Å². The molecule has 2 heterocycles. The molecule has 3 nitrogen and oxygen atoms in total. The van der Waals surface area contributed by atoms with Crippen molar-refractivity contribution in [2.45, 2.75) is 61.6 Å². The molecule has 370 valence electrons. The monoisotopic (exact) mass is 993 g/mol. The molecule has 0 saturated carbocycles. The molecule has 0 spiro atoms. The Balaban J connectivity index is 1.16. The zero-order valence-corrected chi connectivity index (χ0v) is 43.8. The maximum Gasteiger partial charge on any atom is 0.416 e. The van der Waals surface area contributed by atoms with Crippen LogP contribution in [0, 0.1) is 66.7 Å². The molecule has 0 unspecified atom stereocenters. The van der Waals surface area contributed by atoms with Crippen molar-refractivity contribution in [2.24, 2.45) is 0 Å². The van der Waals surface area contributed by atoms with Gasteiger partial charge in [0.1, 0.15) is 0 Å². The van der Waals surface area contributed by atoms with Gasteiger partial charge in [-0.25, -0.2) is 0 Å². The second-order valence-corrected chi connectivity index (χ2v) is 20.9. The van der Waals surface area contributed by atoms with Crippen LogP contribution in [0.4, 0.5) is 13.2 Å². The first-order valence-electron chi connectivity index (χ1n) is 25.8. The summed E-state index contributed by atoms with van der Waals surface area (Å²) in [4.78, 5) is 0. The molecule has 0 atom stereocenters. The van der Waals surface area contributed by atoms with E-state index in [-0.39, 0.29) is 0 Å². The lowest BCUT2D eigenvalue weighted by molar-refractivity contribution is -0.137. The van der Waals surface area contributed by atoms with E-state index in [2.05, 4.69) is 216 Å². The third kappa shape index (κ3) is 8.15. The van der Waals surface area contributed by atoms with Crippen molar-refractivity contribution in [3.05, 3.63) is 238 Å². The van der Waals surface area contributed by atoms with Crippen LogP contribution in [0.3, 0.4) is 0 Å². The molecule has 6 heteroatoms. The Morgan fingerprint density at radius 3 is 1.00 bits per heavy atom. The number of fused-ring (bicyclic) bond motifs is 6. The van der Waals surface area contributed by atoms with Crippen molar-refractivity contribution >= 4 is 43.6 Å². The number of halogens is 3. The van der Waals surface area contributed by atoms with E-state index < -0.39 is 11.7 Å². The zero-order valence-electron chi connectivity index (χ0n) is 43.8. The van der Waals surface area contributed by atoms with Crippen LogP contribution in [0.15, 0.2) is 182 Å². The minimum Gasteiger partial charge on any atom is -0.309 e. The number of nitriles is 1. The third-order valence-electron chi connectivity index (χ3n) is 15.5. The molecular formula is C70H54F3N3. The van der Waals surface area contributed by atoms with E-state index in [9.17, 15) is 5.26 Å². The molecule has 0 N–H and O–H groups in total. The fourth-order valence-electron chi connectivity index (χ4n) is 11.9. The Labute approximate surface area is 441 Å². The van der Waals surface area contributed by atoms with Crippen LogP contribution < -0.4 is 0 Å². The van der Waals surface area contributed by atoms with Gasteiger partial charge < -0.3 is 9.13 Å². The molecular weight excluding hydrogens is 940 g/mol. The summed E-state index contributed by atoms with van der Waals surface area (Å²) < 4.78 is 50.2. The number of rotatable bonds is 7. The maximum atomic E-state index is 15.3. The molecule has 2 aromatic heterocycles. The Bertz CT molecular complexity index is 4220. The molecule has 0 bridgehead atoms. The van der Waals surface area contributed by atoms with Crippen LogP contribution in [0.5, 0.6) is 0 Å². The van der Waals surface area contributed by atoms with E-state index in [0.717, 1.165) is 110 Å². The SMILES string of the molecule is Cc1ccc(-c2ccc3c(c2)c2cc(-c4ccc(C)cc4C)ccc2n3-c2ccc(C(F)(F)F)cc2-c2ccc(C#N)cc2-n2c3ccc(-c4ccc(C)cc4C)cc3c3cc(-c4ccc(C)cc4C)ccc32)c(C)c1. The van der Waals surface area contributed by atoms with E-state index in [1.165, 1.54) is 34.4 Å². The summed E-state index contributed by atoms with van der Waals surface area (Å²) in [6, 6.07) is 63.6. The van der Waals surface area contributed by atoms with Crippen molar-refractivity contribution < 1.29 is 13.2 Å². The Morgan fingerprint density at radius 1 is 0.329 bits per heavy atom. The van der Waals surface area contributed by atoms with Crippen molar-refractivity contribution in [2.75, 3.05) is 0 Å². The van der Waals surface area contributed by atoms with Crippen LogP contribution in [-0.2, 0) is 6.18 Å². The van der Waals surface area contributed by atoms with Crippen LogP contribution in [0.25, 0.3) is 111 Å². The lowest BCUT2D eigenvalue weighted by Crippen LogP contribution is -2.08. The second-order valence-electron chi connectivity index (χ2n) is 20.9. The van der Waals surface area contributed by atoms with Crippen molar-refractivity contribution in [3.63, 3.8) is 0 Å². The number of hydrogen-bond acceptors (Lipinski definition) is 1. The van der Waals surface area contributed by atoms with E-state index in [1.807, 2.05) is 12.1 Å². The van der Waals surface area contributed by atoms with E-state index in [0.29, 0.717) is 28.1 Å². The fourth-order valence-corrected chi connectivity index (χ4v) is 11.9. The predicted octanol–water partition coefficient (Wildman–Crippen LogP) is 19.6. The highest BCUT2D eigenvalue weighted by molar-refractivity contribution is 6.14. The number of nitrogens with zero attached hydrogens (tertiary/aromatic N) is 3. The highest BCUT2D eigenvalue weighted by atomic mass is 19.4. The summed E-state index contributed by atoms with van der Waals surface area (Å²) in [6.45, 7) is 16.9. The van der Waals surface area contributed by atoms with Crippen LogP contribution in [0.1, 0.15) is 55.6 Å². The van der Waals surface area contributed by atoms with Crippen molar-refractivity contribution in [1.29, 1.82) is 5.26 Å². The molecule has 0 saturated heterocycles. The van der Waals surface area contributed by atoms with Crippen LogP contribution in [-0.4, -0.2) is 9.13 Å². The lowest BCUT2D eigenvalue weighted by Gasteiger charge is -2.20. The first-order chi connectivity index (χ1) is 36.5. The number of aryl methyl sites for hydroxylation is 8. The third-order valence-corrected chi connectivity index (χ3v) is 15.5. The fraction of sp³-hybridized carbons (Fsp3) is 0.129. The minimum absolute atomic E-state index is 0.374. The number of alkyl halides is 3. The Morgan fingerprint density at radius 2 is 0.671 bits per heavy atom. The number of hydrogen-bond donors (Lipinski definition) is 0. The molecule has 12 rings (SSSR count). The summed E-state index contributed by atoms with van der Waals surface area (Å²) in [6.07, 6.45) is -4.65. The van der Waals surface area contributed by atoms with Gasteiger partial charge in [0.25, 0.3) is 0 Å². The smallest absolute Gasteiger partial charge is 0.309 e. The van der Waals surface area contributed by atoms with Crippen molar-refractivity contribution in [3.8, 4) is 73.1 Å². The van der Waals surface area contributed by atoms with Gasteiger partial charge in [-0.1, -0.05) is 125 Å². The average Bonchev–Trinajstić information content (AvgIpc) is 4.07. The molecule has 12 aromatic rings. The standard InChI is InChI=1S/C70H54F3N3/c1-40-9-19-54(44(5)29-40)49-14-24-64-59(34-49)60-35-50(55-20-10-41(2)30-45(55)6)15-25-65(60)75(64)68-28-18-53(70(71,72)73)38-63(68)58-23-13-48(39-74)33-69(58)76-66-26-16-51(56-21-11-42(3)31-46(56)7)36-61(66)62-37-52(17-27-67(62)76)57-22-12-43(4)32-47(57)8/h9-38H,1-8H3. The Kier molecular flexibility index (Phi) is 11.5. The van der Waals surface area contributed by atoms with Gasteiger partial charge in [0.15, 0.2) is 0 Å². The molecule has 0 amide bonds. The lowest BCUT2D eigenvalue weighted by atomic mass is 9.95. The first-order valence-corrected chi connectivity index (χ1v) is 25.8. The van der Waals surface area contributed by atoms with E-state index in [4.69, 9.17) is 0 Å². The molecule has 0 aliphatic carbocycles. The van der Waals surface area contributed by atoms with Crippen LogP contribution in [0.2, 0.25) is 0 Å². The molecule has 0 radical (unpaired) electrons. The summed E-state index contributed by atoms with van der Waals surface area (Å²) >= 11 is 0. The van der Waals surface area contributed by atoms with E-state index in [1.54, 1.807) is 12.1 Å². The van der Waals surface area contributed by atoms with Gasteiger partial charge in [-0.2, -0.15) is 18.4 Å².